The van der Waals surface area contributed by atoms with Crippen molar-refractivity contribution in [2.24, 2.45) is 5.92 Å². The number of pyridine rings is 1. The first-order chi connectivity index (χ1) is 9.35. The number of nitriles is 1. The molecule has 102 valence electrons. The van der Waals surface area contributed by atoms with Gasteiger partial charge in [0.2, 0.25) is 0 Å². The second-order valence-electron chi connectivity index (χ2n) is 5.42. The van der Waals surface area contributed by atoms with Gasteiger partial charge in [-0.3, -0.25) is 0 Å². The summed E-state index contributed by atoms with van der Waals surface area (Å²) in [5.41, 5.74) is 1.56. The molecule has 0 radical (unpaired) electrons. The van der Waals surface area contributed by atoms with E-state index >= 15 is 0 Å². The second-order valence-corrected chi connectivity index (χ2v) is 5.42. The highest BCUT2D eigenvalue weighted by atomic mass is 14.9. The van der Waals surface area contributed by atoms with Crippen LogP contribution >= 0.6 is 0 Å². The lowest BCUT2D eigenvalue weighted by Gasteiger charge is -2.30. The molecular weight excluding hydrogens is 234 g/mol. The molecule has 1 heterocycles. The fourth-order valence-corrected chi connectivity index (χ4v) is 3.10. The van der Waals surface area contributed by atoms with Gasteiger partial charge in [0.25, 0.3) is 0 Å². The first-order valence-corrected chi connectivity index (χ1v) is 7.42. The van der Waals surface area contributed by atoms with E-state index in [1.807, 2.05) is 12.1 Å². The molecule has 0 saturated heterocycles. The predicted molar refractivity (Wildman–Crippen MR) is 76.4 cm³/mol. The Morgan fingerprint density at radius 3 is 2.89 bits per heavy atom. The predicted octanol–water partition coefficient (Wildman–Crippen LogP) is 3.40. The highest BCUT2D eigenvalue weighted by Gasteiger charge is 2.21. The number of aromatic nitrogens is 1. The maximum atomic E-state index is 9.05. The minimum Gasteiger partial charge on any atom is -0.310 e. The molecule has 1 N–H and O–H groups in total. The van der Waals surface area contributed by atoms with Gasteiger partial charge >= 0.3 is 0 Å². The van der Waals surface area contributed by atoms with E-state index in [-0.39, 0.29) is 0 Å². The zero-order valence-corrected chi connectivity index (χ0v) is 11.7. The minimum absolute atomic E-state index is 0.550. The van der Waals surface area contributed by atoms with E-state index in [1.165, 1.54) is 32.1 Å². The Morgan fingerprint density at radius 2 is 2.21 bits per heavy atom. The van der Waals surface area contributed by atoms with Crippen molar-refractivity contribution >= 4 is 0 Å². The molecule has 3 nitrogen and oxygen atoms in total. The van der Waals surface area contributed by atoms with E-state index in [0.29, 0.717) is 11.7 Å². The molecule has 19 heavy (non-hydrogen) atoms. The van der Waals surface area contributed by atoms with Crippen molar-refractivity contribution in [2.75, 3.05) is 0 Å². The van der Waals surface area contributed by atoms with Crippen LogP contribution in [0.5, 0.6) is 0 Å². The third kappa shape index (κ3) is 3.78. The Labute approximate surface area is 116 Å². The molecule has 1 atom stereocenters. The maximum absolute atomic E-state index is 9.05. The second kappa shape index (κ2) is 7.25. The fourth-order valence-electron chi connectivity index (χ4n) is 3.10. The van der Waals surface area contributed by atoms with E-state index in [1.54, 1.807) is 6.20 Å². The van der Waals surface area contributed by atoms with Crippen molar-refractivity contribution in [1.82, 2.24) is 10.3 Å². The highest BCUT2D eigenvalue weighted by Crippen LogP contribution is 2.27. The monoisotopic (exact) mass is 257 g/mol. The van der Waals surface area contributed by atoms with Crippen LogP contribution in [0.4, 0.5) is 0 Å². The van der Waals surface area contributed by atoms with Crippen LogP contribution in [0.15, 0.2) is 18.3 Å². The van der Waals surface area contributed by atoms with Crippen LogP contribution in [-0.2, 0) is 6.54 Å². The van der Waals surface area contributed by atoms with Crippen molar-refractivity contribution < 1.29 is 0 Å². The molecule has 1 aliphatic rings. The molecule has 0 spiro atoms. The molecule has 0 aromatic carbocycles. The topological polar surface area (TPSA) is 48.7 Å². The quantitative estimate of drug-likeness (QED) is 0.879. The molecule has 0 bridgehead atoms. The van der Waals surface area contributed by atoms with E-state index in [9.17, 15) is 0 Å². The van der Waals surface area contributed by atoms with Gasteiger partial charge in [-0.2, -0.15) is 5.26 Å². The zero-order valence-electron chi connectivity index (χ0n) is 11.7. The largest absolute Gasteiger partial charge is 0.310 e. The smallest absolute Gasteiger partial charge is 0.144 e. The Hall–Kier alpha value is -1.40. The van der Waals surface area contributed by atoms with Crippen LogP contribution in [0.3, 0.4) is 0 Å². The highest BCUT2D eigenvalue weighted by molar-refractivity contribution is 5.30. The number of hydrogen-bond donors (Lipinski definition) is 1. The number of nitrogens with one attached hydrogen (secondary N) is 1. The molecule has 1 unspecified atom stereocenters. The maximum Gasteiger partial charge on any atom is 0.144 e. The Kier molecular flexibility index (Phi) is 5.35. The van der Waals surface area contributed by atoms with E-state index in [2.05, 4.69) is 23.3 Å². The standard InChI is InChI=1S/C16H23N3/c1-2-15(13-7-4-3-5-8-13)19-12-14-9-6-10-18-16(14)11-17/h6,9-10,13,15,19H,2-5,7-8,12H2,1H3. The Bertz CT molecular complexity index is 430. The Morgan fingerprint density at radius 1 is 1.42 bits per heavy atom. The van der Waals surface area contributed by atoms with Crippen LogP contribution in [0.2, 0.25) is 0 Å². The van der Waals surface area contributed by atoms with Gasteiger partial charge in [-0.15, -0.1) is 0 Å². The summed E-state index contributed by atoms with van der Waals surface area (Å²) in [6, 6.07) is 6.64. The van der Waals surface area contributed by atoms with Crippen molar-refractivity contribution in [3.05, 3.63) is 29.6 Å². The summed E-state index contributed by atoms with van der Waals surface area (Å²) in [5.74, 6) is 0.806. The average Bonchev–Trinajstić information content (AvgIpc) is 2.49. The summed E-state index contributed by atoms with van der Waals surface area (Å²) in [4.78, 5) is 4.11. The van der Waals surface area contributed by atoms with E-state index in [0.717, 1.165) is 24.4 Å². The molecular formula is C16H23N3. The van der Waals surface area contributed by atoms with E-state index < -0.39 is 0 Å². The van der Waals surface area contributed by atoms with Crippen LogP contribution < -0.4 is 5.32 Å². The van der Waals surface area contributed by atoms with Crippen molar-refractivity contribution in [1.29, 1.82) is 5.26 Å². The number of nitrogens with zero attached hydrogens (tertiary/aromatic N) is 2. The van der Waals surface area contributed by atoms with Gasteiger partial charge in [0.15, 0.2) is 0 Å². The van der Waals surface area contributed by atoms with Gasteiger partial charge in [-0.1, -0.05) is 32.3 Å². The van der Waals surface area contributed by atoms with Crippen molar-refractivity contribution in [3.8, 4) is 6.07 Å². The lowest BCUT2D eigenvalue weighted by Crippen LogP contribution is -2.36. The van der Waals surface area contributed by atoms with Gasteiger partial charge < -0.3 is 5.32 Å². The average molecular weight is 257 g/mol. The fraction of sp³-hybridized carbons (Fsp3) is 0.625. The summed E-state index contributed by atoms with van der Waals surface area (Å²) in [6.45, 7) is 3.01. The minimum atomic E-state index is 0.550. The van der Waals surface area contributed by atoms with Gasteiger partial charge in [0, 0.05) is 24.3 Å². The molecule has 1 saturated carbocycles. The Balaban J connectivity index is 1.94. The van der Waals surface area contributed by atoms with Gasteiger partial charge in [0.05, 0.1) is 0 Å². The summed E-state index contributed by atoms with van der Waals surface area (Å²) in [5, 5.41) is 12.7. The summed E-state index contributed by atoms with van der Waals surface area (Å²) < 4.78 is 0. The van der Waals surface area contributed by atoms with Crippen molar-refractivity contribution in [2.45, 2.75) is 58.0 Å². The van der Waals surface area contributed by atoms with Crippen LogP contribution in [-0.4, -0.2) is 11.0 Å². The SMILES string of the molecule is CCC(NCc1cccnc1C#N)C1CCCCC1. The zero-order chi connectivity index (χ0) is 13.5. The lowest BCUT2D eigenvalue weighted by molar-refractivity contribution is 0.261. The molecule has 1 fully saturated rings. The lowest BCUT2D eigenvalue weighted by atomic mass is 9.83. The first kappa shape index (κ1) is 14.0. The summed E-state index contributed by atoms with van der Waals surface area (Å²) in [7, 11) is 0. The molecule has 1 aromatic heterocycles. The summed E-state index contributed by atoms with van der Waals surface area (Å²) in [6.07, 6.45) is 9.69. The van der Waals surface area contributed by atoms with Gasteiger partial charge in [0.1, 0.15) is 11.8 Å². The van der Waals surface area contributed by atoms with Crippen molar-refractivity contribution in [3.63, 3.8) is 0 Å². The normalized spacial score (nSPS) is 17.9. The molecule has 3 heteroatoms. The van der Waals surface area contributed by atoms with Gasteiger partial charge in [-0.25, -0.2) is 4.98 Å². The summed E-state index contributed by atoms with van der Waals surface area (Å²) >= 11 is 0. The third-order valence-electron chi connectivity index (χ3n) is 4.21. The van der Waals surface area contributed by atoms with Gasteiger partial charge in [-0.05, 0) is 31.2 Å². The van der Waals surface area contributed by atoms with E-state index in [4.69, 9.17) is 5.26 Å². The number of rotatable bonds is 5. The molecule has 1 aliphatic carbocycles. The molecule has 2 rings (SSSR count). The molecule has 1 aromatic rings. The van der Waals surface area contributed by atoms with Crippen LogP contribution in [0.25, 0.3) is 0 Å². The number of hydrogen-bond acceptors (Lipinski definition) is 3. The molecule has 0 amide bonds. The first-order valence-electron chi connectivity index (χ1n) is 7.42. The third-order valence-corrected chi connectivity index (χ3v) is 4.21. The van der Waals surface area contributed by atoms with Crippen LogP contribution in [0, 0.1) is 17.2 Å². The molecule has 0 aliphatic heterocycles. The van der Waals surface area contributed by atoms with Crippen LogP contribution in [0.1, 0.15) is 56.7 Å².